The molecule has 0 radical (unpaired) electrons. The lowest BCUT2D eigenvalue weighted by atomic mass is 10.0. The number of rotatable bonds is 68. The van der Waals surface area contributed by atoms with Gasteiger partial charge in [-0.1, -0.05) is 373 Å². The van der Waals surface area contributed by atoms with Crippen LogP contribution in [0.3, 0.4) is 0 Å². The molecule has 1 amide bonds. The van der Waals surface area contributed by atoms with E-state index in [2.05, 4.69) is 19.2 Å². The topological polar surface area (TPSA) is 108 Å². The molecule has 0 aliphatic carbocycles. The van der Waals surface area contributed by atoms with E-state index in [0.29, 0.717) is 17.4 Å². The monoisotopic (exact) mass is 1150 g/mol. The Bertz CT molecular complexity index is 1310. The number of hydrogen-bond donors (Lipinski definition) is 2. The molecule has 0 fully saturated rings. The van der Waals surface area contributed by atoms with Crippen molar-refractivity contribution >= 4 is 13.7 Å². The lowest BCUT2D eigenvalue weighted by Crippen LogP contribution is -2.45. The number of phosphoric acid groups is 1. The van der Waals surface area contributed by atoms with Gasteiger partial charge in [0.1, 0.15) is 13.2 Å². The average molecular weight is 1150 g/mol. The van der Waals surface area contributed by atoms with Gasteiger partial charge < -0.3 is 28.8 Å². The van der Waals surface area contributed by atoms with Crippen LogP contribution in [0.4, 0.5) is 0 Å². The minimum atomic E-state index is -4.60. The normalized spacial score (nSPS) is 13.6. The molecular weight excluding hydrogens is 1010 g/mol. The highest BCUT2D eigenvalue weighted by Crippen LogP contribution is 2.38. The Morgan fingerprint density at radius 3 is 0.938 bits per heavy atom. The minimum absolute atomic E-state index is 0.00305. The molecule has 3 unspecified atom stereocenters. The highest BCUT2D eigenvalue weighted by Gasteiger charge is 2.23. The van der Waals surface area contributed by atoms with Crippen molar-refractivity contribution < 1.29 is 32.9 Å². The maximum Gasteiger partial charge on any atom is 0.268 e. The lowest BCUT2D eigenvalue weighted by molar-refractivity contribution is -0.870. The van der Waals surface area contributed by atoms with Gasteiger partial charge in [-0.3, -0.25) is 9.36 Å². The van der Waals surface area contributed by atoms with Crippen LogP contribution in [-0.2, 0) is 18.4 Å². The zero-order chi connectivity index (χ0) is 58.4. The SMILES string of the molecule is CCCCCCCCCCCCCCCCCCCCCCCCCCCC/C=C/C(O)C(COP(=O)([O-])OCC[N+](C)(C)C)NC(=O)CCCCCCCCCCCCCCCCCCCCCCCCCCCCCCCC. The summed E-state index contributed by atoms with van der Waals surface area (Å²) in [5.74, 6) is -0.187. The van der Waals surface area contributed by atoms with Gasteiger partial charge in [-0.15, -0.1) is 0 Å². The van der Waals surface area contributed by atoms with Crippen LogP contribution in [0.2, 0.25) is 0 Å². The van der Waals surface area contributed by atoms with Gasteiger partial charge in [0.25, 0.3) is 7.82 Å². The number of unbranched alkanes of at least 4 members (excludes halogenated alkanes) is 55. The molecule has 0 rings (SSSR count). The first-order valence-electron chi connectivity index (χ1n) is 36.1. The van der Waals surface area contributed by atoms with Gasteiger partial charge in [0.15, 0.2) is 0 Å². The van der Waals surface area contributed by atoms with E-state index in [4.69, 9.17) is 9.05 Å². The first kappa shape index (κ1) is 79.2. The molecule has 0 aromatic heterocycles. The summed E-state index contributed by atoms with van der Waals surface area (Å²) in [4.78, 5) is 25.6. The summed E-state index contributed by atoms with van der Waals surface area (Å²) in [6, 6.07) is -0.884. The second-order valence-corrected chi connectivity index (χ2v) is 27.7. The van der Waals surface area contributed by atoms with Crippen molar-refractivity contribution in [3.8, 4) is 0 Å². The zero-order valence-electron chi connectivity index (χ0n) is 54.8. The number of hydrogen-bond acceptors (Lipinski definition) is 6. The first-order chi connectivity index (χ1) is 39.0. The van der Waals surface area contributed by atoms with Crippen LogP contribution in [-0.4, -0.2) is 68.5 Å². The lowest BCUT2D eigenvalue weighted by Gasteiger charge is -2.29. The number of nitrogens with one attached hydrogen (secondary N) is 1. The average Bonchev–Trinajstić information content (AvgIpc) is 3.42. The van der Waals surface area contributed by atoms with E-state index >= 15 is 0 Å². The molecule has 0 saturated heterocycles. The number of aliphatic hydroxyl groups is 1. The third kappa shape index (κ3) is 64.8. The predicted molar refractivity (Wildman–Crippen MR) is 349 cm³/mol. The van der Waals surface area contributed by atoms with Crippen molar-refractivity contribution in [2.75, 3.05) is 40.9 Å². The molecule has 2 N–H and O–H groups in total. The Morgan fingerprint density at radius 1 is 0.425 bits per heavy atom. The van der Waals surface area contributed by atoms with E-state index in [9.17, 15) is 19.4 Å². The number of amides is 1. The molecule has 0 aliphatic heterocycles. The molecule has 8 nitrogen and oxygen atoms in total. The van der Waals surface area contributed by atoms with E-state index in [-0.39, 0.29) is 19.1 Å². The molecule has 478 valence electrons. The summed E-state index contributed by atoms with van der Waals surface area (Å²) < 4.78 is 23.5. The van der Waals surface area contributed by atoms with Gasteiger partial charge in [0.05, 0.1) is 39.9 Å². The first-order valence-corrected chi connectivity index (χ1v) is 37.5. The highest BCUT2D eigenvalue weighted by molar-refractivity contribution is 7.45. The number of phosphoric ester groups is 1. The zero-order valence-corrected chi connectivity index (χ0v) is 55.7. The number of aliphatic hydroxyl groups excluding tert-OH is 1. The van der Waals surface area contributed by atoms with Crippen LogP contribution in [0.1, 0.15) is 386 Å². The maximum absolute atomic E-state index is 13.0. The van der Waals surface area contributed by atoms with Crippen molar-refractivity contribution in [3.63, 3.8) is 0 Å². The molecule has 0 heterocycles. The standard InChI is InChI=1S/C71H143N2O6P/c1-6-8-10-12-14-16-18-20-22-24-26-28-30-32-34-36-37-39-41-43-45-47-49-51-53-55-57-59-61-63-65-71(75)72-69(68-79-80(76,77)78-67-66-73(3,4)5)70(74)64-62-60-58-56-54-52-50-48-46-44-42-40-38-35-33-31-29-27-25-23-21-19-17-15-13-11-9-7-2/h62,64,69-70,74H,6-61,63,65-68H2,1-5H3,(H-,72,75,76,77)/b64-62+. The van der Waals surface area contributed by atoms with Gasteiger partial charge in [0.2, 0.25) is 5.91 Å². The third-order valence-corrected chi connectivity index (χ3v) is 18.0. The van der Waals surface area contributed by atoms with Crippen molar-refractivity contribution in [2.24, 2.45) is 0 Å². The van der Waals surface area contributed by atoms with Gasteiger partial charge in [-0.25, -0.2) is 0 Å². The number of carbonyl (C=O) groups excluding carboxylic acids is 1. The number of carbonyl (C=O) groups is 1. The number of quaternary nitrogens is 1. The fourth-order valence-corrected chi connectivity index (χ4v) is 12.1. The molecule has 0 aromatic carbocycles. The smallest absolute Gasteiger partial charge is 0.268 e. The van der Waals surface area contributed by atoms with Crippen molar-refractivity contribution in [2.45, 2.75) is 398 Å². The van der Waals surface area contributed by atoms with E-state index in [0.717, 1.165) is 38.5 Å². The second-order valence-electron chi connectivity index (χ2n) is 26.3. The molecule has 0 aromatic rings. The quantitative estimate of drug-likeness (QED) is 0.0272. The van der Waals surface area contributed by atoms with E-state index in [1.54, 1.807) is 6.08 Å². The Morgan fingerprint density at radius 2 is 0.675 bits per heavy atom. The molecular formula is C71H143N2O6P. The fourth-order valence-electron chi connectivity index (χ4n) is 11.4. The molecule has 0 spiro atoms. The molecule has 0 saturated carbocycles. The summed E-state index contributed by atoms with van der Waals surface area (Å²) in [6.45, 7) is 4.73. The van der Waals surface area contributed by atoms with E-state index in [1.165, 1.54) is 327 Å². The number of likely N-dealkylation sites (N-methyl/N-ethyl adjacent to an activating group) is 1. The largest absolute Gasteiger partial charge is 0.756 e. The number of nitrogens with zero attached hydrogens (tertiary/aromatic N) is 1. The molecule has 3 atom stereocenters. The molecule has 9 heteroatoms. The van der Waals surface area contributed by atoms with Crippen LogP contribution in [0.25, 0.3) is 0 Å². The van der Waals surface area contributed by atoms with Crippen molar-refractivity contribution in [1.82, 2.24) is 5.32 Å². The predicted octanol–water partition coefficient (Wildman–Crippen LogP) is 22.3. The third-order valence-electron chi connectivity index (χ3n) is 17.0. The van der Waals surface area contributed by atoms with Crippen LogP contribution in [0.5, 0.6) is 0 Å². The highest BCUT2D eigenvalue weighted by atomic mass is 31.2. The van der Waals surface area contributed by atoms with Crippen LogP contribution in [0.15, 0.2) is 12.2 Å². The molecule has 0 aliphatic rings. The molecule has 0 bridgehead atoms. The van der Waals surface area contributed by atoms with Crippen molar-refractivity contribution in [3.05, 3.63) is 12.2 Å². The van der Waals surface area contributed by atoms with E-state index < -0.39 is 20.0 Å². The molecule has 80 heavy (non-hydrogen) atoms. The summed E-state index contributed by atoms with van der Waals surface area (Å²) in [5.41, 5.74) is 0. The Labute approximate surface area is 501 Å². The Hall–Kier alpha value is -0.760. The maximum atomic E-state index is 13.0. The van der Waals surface area contributed by atoms with Gasteiger partial charge >= 0.3 is 0 Å². The summed E-state index contributed by atoms with van der Waals surface area (Å²) in [7, 11) is 1.29. The van der Waals surface area contributed by atoms with Crippen LogP contribution >= 0.6 is 7.82 Å². The van der Waals surface area contributed by atoms with Crippen LogP contribution in [0, 0.1) is 0 Å². The van der Waals surface area contributed by atoms with Crippen molar-refractivity contribution in [1.29, 1.82) is 0 Å². The number of allylic oxidation sites excluding steroid dienone is 1. The van der Waals surface area contributed by atoms with Crippen LogP contribution < -0.4 is 10.2 Å². The summed E-state index contributed by atoms with van der Waals surface area (Å²) >= 11 is 0. The second kappa shape index (κ2) is 62.8. The van der Waals surface area contributed by atoms with Gasteiger partial charge in [-0.05, 0) is 19.3 Å². The van der Waals surface area contributed by atoms with Gasteiger partial charge in [0, 0.05) is 6.42 Å². The Balaban J connectivity index is 4.01. The van der Waals surface area contributed by atoms with E-state index in [1.807, 2.05) is 27.2 Å². The summed E-state index contributed by atoms with van der Waals surface area (Å²) in [6.07, 6.45) is 80.6. The van der Waals surface area contributed by atoms with Gasteiger partial charge in [-0.2, -0.15) is 0 Å². The summed E-state index contributed by atoms with van der Waals surface area (Å²) in [5, 5.41) is 14.0. The fraction of sp³-hybridized carbons (Fsp3) is 0.958. The minimum Gasteiger partial charge on any atom is -0.756 e. The Kier molecular flexibility index (Phi) is 62.2.